The van der Waals surface area contributed by atoms with Gasteiger partial charge in [0.2, 0.25) is 0 Å². The van der Waals surface area contributed by atoms with E-state index >= 15 is 0 Å². The van der Waals surface area contributed by atoms with E-state index in [-0.39, 0.29) is 18.8 Å². The van der Waals surface area contributed by atoms with Gasteiger partial charge in [0.05, 0.1) is 13.7 Å². The van der Waals surface area contributed by atoms with E-state index in [1.165, 1.54) is 7.11 Å². The van der Waals surface area contributed by atoms with E-state index in [9.17, 15) is 14.4 Å². The molecule has 0 radical (unpaired) electrons. The third-order valence-electron chi connectivity index (χ3n) is 3.06. The average Bonchev–Trinajstić information content (AvgIpc) is 2.54. The van der Waals surface area contributed by atoms with Crippen LogP contribution in [0.5, 0.6) is 0 Å². The quantitative estimate of drug-likeness (QED) is 0.576. The van der Waals surface area contributed by atoms with Crippen LogP contribution < -0.4 is 5.32 Å². The molecule has 0 aromatic heterocycles. The Hall–Kier alpha value is -2.21. The molecule has 6 nitrogen and oxygen atoms in total. The fraction of sp³-hybridized carbons (Fsp3) is 0.438. The highest BCUT2D eigenvalue weighted by Gasteiger charge is 2.27. The summed E-state index contributed by atoms with van der Waals surface area (Å²) < 4.78 is 9.55. The largest absolute Gasteiger partial charge is 0.468 e. The Kier molecular flexibility index (Phi) is 7.25. The molecule has 0 unspecified atom stereocenters. The summed E-state index contributed by atoms with van der Waals surface area (Å²) in [4.78, 5) is 35.6. The molecular weight excluding hydrogens is 286 g/mol. The Balaban J connectivity index is 2.80. The van der Waals surface area contributed by atoms with Crippen LogP contribution >= 0.6 is 0 Å². The first-order valence-electron chi connectivity index (χ1n) is 7.08. The van der Waals surface area contributed by atoms with Gasteiger partial charge in [-0.2, -0.15) is 0 Å². The minimum absolute atomic E-state index is 0.0931. The first-order chi connectivity index (χ1) is 10.5. The van der Waals surface area contributed by atoms with Crippen LogP contribution in [0.25, 0.3) is 0 Å². The van der Waals surface area contributed by atoms with Crippen LogP contribution in [-0.4, -0.2) is 43.5 Å². The number of Topliss-reactive ketones (excluding diaryl/α,β-unsaturated/α-hetero) is 1. The third kappa shape index (κ3) is 5.29. The van der Waals surface area contributed by atoms with Crippen molar-refractivity contribution in [3.63, 3.8) is 0 Å². The molecule has 0 spiro atoms. The number of methoxy groups -OCH3 is 1. The van der Waals surface area contributed by atoms with Crippen LogP contribution in [0.3, 0.4) is 0 Å². The van der Waals surface area contributed by atoms with Crippen LogP contribution in [0, 0.1) is 0 Å². The number of rotatable bonds is 8. The highest BCUT2D eigenvalue weighted by Crippen LogP contribution is 2.08. The molecule has 0 amide bonds. The molecule has 0 saturated carbocycles. The van der Waals surface area contributed by atoms with Crippen molar-refractivity contribution in [1.29, 1.82) is 0 Å². The number of esters is 2. The summed E-state index contributed by atoms with van der Waals surface area (Å²) in [6, 6.07) is 7.03. The SMILES string of the molecule is CCOC(=O)[C@@H](CC(=O)c1ccccc1)N[C@@H](C)C(=O)OC. The number of carbonyl (C=O) groups excluding carboxylic acids is 3. The third-order valence-corrected chi connectivity index (χ3v) is 3.06. The summed E-state index contributed by atoms with van der Waals surface area (Å²) in [6.07, 6.45) is -0.0931. The Morgan fingerprint density at radius 2 is 1.77 bits per heavy atom. The molecule has 6 heteroatoms. The predicted molar refractivity (Wildman–Crippen MR) is 80.4 cm³/mol. The van der Waals surface area contributed by atoms with E-state index in [0.717, 1.165) is 0 Å². The summed E-state index contributed by atoms with van der Waals surface area (Å²) in [5.74, 6) is -1.28. The van der Waals surface area contributed by atoms with E-state index in [4.69, 9.17) is 4.74 Å². The van der Waals surface area contributed by atoms with Gasteiger partial charge < -0.3 is 9.47 Å². The topological polar surface area (TPSA) is 81.7 Å². The summed E-state index contributed by atoms with van der Waals surface area (Å²) in [5, 5.41) is 2.78. The van der Waals surface area contributed by atoms with Gasteiger partial charge in [0.25, 0.3) is 0 Å². The normalized spacial score (nSPS) is 13.0. The zero-order valence-corrected chi connectivity index (χ0v) is 13.0. The van der Waals surface area contributed by atoms with E-state index < -0.39 is 24.0 Å². The predicted octanol–water partition coefficient (Wildman–Crippen LogP) is 1.34. The van der Waals surface area contributed by atoms with Crippen molar-refractivity contribution >= 4 is 17.7 Å². The van der Waals surface area contributed by atoms with Crippen molar-refractivity contribution in [2.24, 2.45) is 0 Å². The van der Waals surface area contributed by atoms with Gasteiger partial charge in [-0.25, -0.2) is 0 Å². The molecule has 22 heavy (non-hydrogen) atoms. The molecule has 0 saturated heterocycles. The van der Waals surface area contributed by atoms with Gasteiger partial charge in [0.15, 0.2) is 5.78 Å². The first-order valence-corrected chi connectivity index (χ1v) is 7.08. The van der Waals surface area contributed by atoms with Crippen molar-refractivity contribution in [3.8, 4) is 0 Å². The molecule has 0 heterocycles. The van der Waals surface area contributed by atoms with Gasteiger partial charge in [-0.3, -0.25) is 19.7 Å². The lowest BCUT2D eigenvalue weighted by Crippen LogP contribution is -2.47. The molecule has 120 valence electrons. The van der Waals surface area contributed by atoms with Crippen molar-refractivity contribution in [1.82, 2.24) is 5.32 Å². The van der Waals surface area contributed by atoms with Crippen molar-refractivity contribution < 1.29 is 23.9 Å². The number of hydrogen-bond donors (Lipinski definition) is 1. The lowest BCUT2D eigenvalue weighted by Gasteiger charge is -2.20. The zero-order valence-electron chi connectivity index (χ0n) is 13.0. The van der Waals surface area contributed by atoms with E-state index in [1.807, 2.05) is 0 Å². The van der Waals surface area contributed by atoms with E-state index in [0.29, 0.717) is 5.56 Å². The Morgan fingerprint density at radius 1 is 1.14 bits per heavy atom. The molecular formula is C16H21NO5. The number of hydrogen-bond acceptors (Lipinski definition) is 6. The average molecular weight is 307 g/mol. The standard InChI is InChI=1S/C16H21NO5/c1-4-22-16(20)13(17-11(2)15(19)21-3)10-14(18)12-8-6-5-7-9-12/h5-9,11,13,17H,4,10H2,1-3H3/t11-,13+/m0/s1. The van der Waals surface area contributed by atoms with Gasteiger partial charge >= 0.3 is 11.9 Å². The highest BCUT2D eigenvalue weighted by atomic mass is 16.5. The number of ether oxygens (including phenoxy) is 2. The maximum absolute atomic E-state index is 12.2. The summed E-state index contributed by atoms with van der Waals surface area (Å²) >= 11 is 0. The first kappa shape index (κ1) is 17.8. The van der Waals surface area contributed by atoms with Gasteiger partial charge in [-0.1, -0.05) is 30.3 Å². The van der Waals surface area contributed by atoms with Gasteiger partial charge in [0, 0.05) is 12.0 Å². The second-order valence-electron chi connectivity index (χ2n) is 4.71. The lowest BCUT2D eigenvalue weighted by atomic mass is 10.0. The van der Waals surface area contributed by atoms with Crippen molar-refractivity contribution in [2.75, 3.05) is 13.7 Å². The Labute approximate surface area is 129 Å². The lowest BCUT2D eigenvalue weighted by molar-refractivity contribution is -0.147. The summed E-state index contributed by atoms with van der Waals surface area (Å²) in [6.45, 7) is 3.44. The number of carbonyl (C=O) groups is 3. The van der Waals surface area contributed by atoms with Gasteiger partial charge in [-0.05, 0) is 13.8 Å². The molecule has 0 aliphatic carbocycles. The Morgan fingerprint density at radius 3 is 2.32 bits per heavy atom. The molecule has 0 fully saturated rings. The molecule has 2 atom stereocenters. The van der Waals surface area contributed by atoms with Gasteiger partial charge in [0.1, 0.15) is 12.1 Å². The second-order valence-corrected chi connectivity index (χ2v) is 4.71. The molecule has 0 aliphatic rings. The van der Waals surface area contributed by atoms with Crippen molar-refractivity contribution in [2.45, 2.75) is 32.4 Å². The van der Waals surface area contributed by atoms with E-state index in [2.05, 4.69) is 10.1 Å². The second kappa shape index (κ2) is 8.94. The molecule has 1 aromatic rings. The minimum Gasteiger partial charge on any atom is -0.468 e. The smallest absolute Gasteiger partial charge is 0.323 e. The molecule has 1 aromatic carbocycles. The Bertz CT molecular complexity index is 515. The van der Waals surface area contributed by atoms with Crippen LogP contribution in [-0.2, 0) is 19.1 Å². The monoisotopic (exact) mass is 307 g/mol. The highest BCUT2D eigenvalue weighted by molar-refractivity contribution is 5.99. The molecule has 0 bridgehead atoms. The fourth-order valence-corrected chi connectivity index (χ4v) is 1.93. The van der Waals surface area contributed by atoms with Gasteiger partial charge in [-0.15, -0.1) is 0 Å². The molecule has 1 N–H and O–H groups in total. The summed E-state index contributed by atoms with van der Waals surface area (Å²) in [7, 11) is 1.26. The van der Waals surface area contributed by atoms with E-state index in [1.54, 1.807) is 44.2 Å². The van der Waals surface area contributed by atoms with Crippen LogP contribution in [0.15, 0.2) is 30.3 Å². The minimum atomic E-state index is -0.901. The maximum atomic E-state index is 12.2. The fourth-order valence-electron chi connectivity index (χ4n) is 1.93. The van der Waals surface area contributed by atoms with Crippen molar-refractivity contribution in [3.05, 3.63) is 35.9 Å². The number of benzene rings is 1. The van der Waals surface area contributed by atoms with Crippen LogP contribution in [0.4, 0.5) is 0 Å². The number of ketones is 1. The number of nitrogens with one attached hydrogen (secondary N) is 1. The summed E-state index contributed by atoms with van der Waals surface area (Å²) in [5.41, 5.74) is 0.504. The zero-order chi connectivity index (χ0) is 16.5. The van der Waals surface area contributed by atoms with Crippen LogP contribution in [0.1, 0.15) is 30.6 Å². The molecule has 1 rings (SSSR count). The van der Waals surface area contributed by atoms with Crippen LogP contribution in [0.2, 0.25) is 0 Å². The molecule has 0 aliphatic heterocycles. The maximum Gasteiger partial charge on any atom is 0.323 e.